The van der Waals surface area contributed by atoms with Gasteiger partial charge in [-0.3, -0.25) is 0 Å². The first-order valence-corrected chi connectivity index (χ1v) is 6.33. The van der Waals surface area contributed by atoms with Crippen LogP contribution >= 0.6 is 0 Å². The van der Waals surface area contributed by atoms with E-state index < -0.39 is 23.8 Å². The summed E-state index contributed by atoms with van der Waals surface area (Å²) in [4.78, 5) is 0. The fourth-order valence-corrected chi connectivity index (χ4v) is 2.17. The van der Waals surface area contributed by atoms with Crippen LogP contribution < -0.4 is 9.47 Å². The van der Waals surface area contributed by atoms with Gasteiger partial charge in [0.25, 0.3) is 11.8 Å². The molecule has 1 aromatic carbocycles. The van der Waals surface area contributed by atoms with Crippen molar-refractivity contribution in [2.75, 3.05) is 6.61 Å². The third kappa shape index (κ3) is 2.10. The van der Waals surface area contributed by atoms with Crippen molar-refractivity contribution in [1.82, 2.24) is 10.2 Å². The number of fused-ring (bicyclic) bond motifs is 1. The Morgan fingerprint density at radius 2 is 1.90 bits per heavy atom. The number of alkyl halides is 2. The smallest absolute Gasteiger partial charge is 0.260 e. The maximum Gasteiger partial charge on any atom is 0.260 e. The molecule has 0 N–H and O–H groups in total. The van der Waals surface area contributed by atoms with Gasteiger partial charge in [-0.15, -0.1) is 10.2 Å². The highest BCUT2D eigenvalue weighted by Gasteiger charge is 2.61. The van der Waals surface area contributed by atoms with Gasteiger partial charge in [0.1, 0.15) is 18.3 Å². The number of rotatable bonds is 2. The Kier molecular flexibility index (Phi) is 2.45. The van der Waals surface area contributed by atoms with E-state index in [0.29, 0.717) is 5.75 Å². The lowest BCUT2D eigenvalue weighted by atomic mass is 10.2. The molecule has 1 saturated carbocycles. The predicted octanol–water partition coefficient (Wildman–Crippen LogP) is 2.84. The van der Waals surface area contributed by atoms with E-state index in [1.165, 1.54) is 18.2 Å². The molecule has 21 heavy (non-hydrogen) atoms. The Labute approximate surface area is 116 Å². The normalized spacial score (nSPS) is 25.7. The van der Waals surface area contributed by atoms with Crippen molar-refractivity contribution in [3.8, 4) is 11.5 Å². The van der Waals surface area contributed by atoms with Gasteiger partial charge in [0, 0.05) is 12.5 Å². The fourth-order valence-electron chi connectivity index (χ4n) is 2.17. The van der Waals surface area contributed by atoms with Crippen molar-refractivity contribution >= 4 is 0 Å². The Morgan fingerprint density at radius 1 is 1.14 bits per heavy atom. The highest BCUT2D eigenvalue weighted by atomic mass is 19.3. The summed E-state index contributed by atoms with van der Waals surface area (Å²) in [6.45, 7) is 0.0408. The highest BCUT2D eigenvalue weighted by molar-refractivity contribution is 5.41. The molecule has 110 valence electrons. The zero-order valence-electron chi connectivity index (χ0n) is 10.6. The van der Waals surface area contributed by atoms with E-state index in [9.17, 15) is 13.2 Å². The minimum atomic E-state index is -2.77. The van der Waals surface area contributed by atoms with Crippen molar-refractivity contribution in [3.05, 3.63) is 35.8 Å². The SMILES string of the molecule is Fc1ccc2c(c1)OCC(c1nnc(C3CC3(F)F)o1)O2. The molecular weight excluding hydrogens is 289 g/mol. The average Bonchev–Trinajstić information content (AvgIpc) is 2.88. The summed E-state index contributed by atoms with van der Waals surface area (Å²) in [5.41, 5.74) is 0. The van der Waals surface area contributed by atoms with E-state index in [1.54, 1.807) is 0 Å². The van der Waals surface area contributed by atoms with Crippen LogP contribution in [0, 0.1) is 5.82 Å². The first-order valence-electron chi connectivity index (χ1n) is 6.33. The molecule has 2 heterocycles. The van der Waals surface area contributed by atoms with Crippen molar-refractivity contribution in [1.29, 1.82) is 0 Å². The monoisotopic (exact) mass is 298 g/mol. The topological polar surface area (TPSA) is 57.4 Å². The number of ether oxygens (including phenoxy) is 2. The molecular formula is C13H9F3N2O3. The van der Waals surface area contributed by atoms with Gasteiger partial charge in [0.05, 0.1) is 0 Å². The van der Waals surface area contributed by atoms with Crippen LogP contribution in [0.2, 0.25) is 0 Å². The zero-order valence-corrected chi connectivity index (χ0v) is 10.6. The van der Waals surface area contributed by atoms with Gasteiger partial charge in [-0.25, -0.2) is 13.2 Å². The molecule has 1 aliphatic carbocycles. The summed E-state index contributed by atoms with van der Waals surface area (Å²) >= 11 is 0. The molecule has 1 aliphatic heterocycles. The molecule has 0 saturated heterocycles. The third-order valence-corrected chi connectivity index (χ3v) is 3.42. The second kappa shape index (κ2) is 4.12. The minimum absolute atomic E-state index is 0.0408. The van der Waals surface area contributed by atoms with Gasteiger partial charge >= 0.3 is 0 Å². The first kappa shape index (κ1) is 12.5. The lowest BCUT2D eigenvalue weighted by molar-refractivity contribution is 0.0684. The summed E-state index contributed by atoms with van der Waals surface area (Å²) in [7, 11) is 0. The zero-order chi connectivity index (χ0) is 14.6. The molecule has 1 fully saturated rings. The van der Waals surface area contributed by atoms with Gasteiger partial charge in [0.15, 0.2) is 11.5 Å². The second-order valence-corrected chi connectivity index (χ2v) is 5.00. The molecule has 0 bridgehead atoms. The largest absolute Gasteiger partial charge is 0.485 e. The third-order valence-electron chi connectivity index (χ3n) is 3.42. The van der Waals surface area contributed by atoms with Gasteiger partial charge < -0.3 is 13.9 Å². The molecule has 5 nitrogen and oxygen atoms in total. The van der Waals surface area contributed by atoms with Crippen LogP contribution in [-0.2, 0) is 0 Å². The number of halogens is 3. The maximum atomic E-state index is 13.0. The lowest BCUT2D eigenvalue weighted by Crippen LogP contribution is -2.22. The Morgan fingerprint density at radius 3 is 2.67 bits per heavy atom. The van der Waals surface area contributed by atoms with Gasteiger partial charge in [0.2, 0.25) is 12.0 Å². The summed E-state index contributed by atoms with van der Waals surface area (Å²) in [6.07, 6.45) is -0.977. The fraction of sp³-hybridized carbons (Fsp3) is 0.385. The van der Waals surface area contributed by atoms with Crippen molar-refractivity contribution < 1.29 is 27.1 Å². The molecule has 0 amide bonds. The molecule has 0 radical (unpaired) electrons. The molecule has 2 aliphatic rings. The predicted molar refractivity (Wildman–Crippen MR) is 61.9 cm³/mol. The molecule has 2 aromatic rings. The van der Waals surface area contributed by atoms with Crippen molar-refractivity contribution in [2.45, 2.75) is 24.4 Å². The van der Waals surface area contributed by atoms with E-state index >= 15 is 0 Å². The van der Waals surface area contributed by atoms with Gasteiger partial charge in [-0.2, -0.15) is 0 Å². The summed E-state index contributed by atoms with van der Waals surface area (Å²) in [6, 6.07) is 3.85. The van der Waals surface area contributed by atoms with E-state index in [1.807, 2.05) is 0 Å². The molecule has 2 atom stereocenters. The van der Waals surface area contributed by atoms with Crippen LogP contribution in [0.25, 0.3) is 0 Å². The van der Waals surface area contributed by atoms with Crippen LogP contribution in [0.1, 0.15) is 30.2 Å². The van der Waals surface area contributed by atoms with Crippen molar-refractivity contribution in [3.63, 3.8) is 0 Å². The van der Waals surface area contributed by atoms with E-state index in [-0.39, 0.29) is 30.6 Å². The van der Waals surface area contributed by atoms with Crippen LogP contribution in [0.3, 0.4) is 0 Å². The minimum Gasteiger partial charge on any atom is -0.485 e. The second-order valence-electron chi connectivity index (χ2n) is 5.00. The Bertz CT molecular complexity index is 704. The molecule has 1 aromatic heterocycles. The van der Waals surface area contributed by atoms with E-state index in [0.717, 1.165) is 0 Å². The molecule has 8 heteroatoms. The van der Waals surface area contributed by atoms with E-state index in [2.05, 4.69) is 10.2 Å². The Hall–Kier alpha value is -2.25. The number of aromatic nitrogens is 2. The standard InChI is InChI=1S/C13H9F3N2O3/c14-6-1-2-8-9(3-6)19-5-10(20-8)12-18-17-11(21-12)7-4-13(7,15)16/h1-3,7,10H,4-5H2. The maximum absolute atomic E-state index is 13.0. The lowest BCUT2D eigenvalue weighted by Gasteiger charge is -2.24. The van der Waals surface area contributed by atoms with Crippen LogP contribution in [0.4, 0.5) is 13.2 Å². The van der Waals surface area contributed by atoms with E-state index in [4.69, 9.17) is 13.9 Å². The summed E-state index contributed by atoms with van der Waals surface area (Å²) in [5.74, 6) is -3.62. The van der Waals surface area contributed by atoms with Crippen LogP contribution in [0.15, 0.2) is 22.6 Å². The highest BCUT2D eigenvalue weighted by Crippen LogP contribution is 2.55. The Balaban J connectivity index is 1.54. The first-order chi connectivity index (χ1) is 10.0. The summed E-state index contributed by atoms with van der Waals surface area (Å²) < 4.78 is 55.1. The van der Waals surface area contributed by atoms with Gasteiger partial charge in [-0.1, -0.05) is 0 Å². The summed E-state index contributed by atoms with van der Waals surface area (Å²) in [5, 5.41) is 7.35. The van der Waals surface area contributed by atoms with Crippen molar-refractivity contribution in [2.24, 2.45) is 0 Å². The molecule has 2 unspecified atom stereocenters. The quantitative estimate of drug-likeness (QED) is 0.853. The number of hydrogen-bond donors (Lipinski definition) is 0. The number of nitrogens with zero attached hydrogens (tertiary/aromatic N) is 2. The molecule has 4 rings (SSSR count). The average molecular weight is 298 g/mol. The number of hydrogen-bond acceptors (Lipinski definition) is 5. The number of benzene rings is 1. The van der Waals surface area contributed by atoms with Gasteiger partial charge in [-0.05, 0) is 12.1 Å². The van der Waals surface area contributed by atoms with Crippen LogP contribution in [-0.4, -0.2) is 22.7 Å². The van der Waals surface area contributed by atoms with Crippen LogP contribution in [0.5, 0.6) is 11.5 Å². The molecule has 0 spiro atoms.